The molecule has 0 aromatic heterocycles. The van der Waals surface area contributed by atoms with Crippen LogP contribution in [0.4, 0.5) is 0 Å². The van der Waals surface area contributed by atoms with Crippen molar-refractivity contribution in [2.75, 3.05) is 20.1 Å². The van der Waals surface area contributed by atoms with Crippen LogP contribution in [0, 0.1) is 5.92 Å². The van der Waals surface area contributed by atoms with Crippen molar-refractivity contribution in [1.82, 2.24) is 10.2 Å². The van der Waals surface area contributed by atoms with Crippen molar-refractivity contribution in [2.45, 2.75) is 72.4 Å². The predicted molar refractivity (Wildman–Crippen MR) is 78.5 cm³/mol. The quantitative estimate of drug-likeness (QED) is 0.630. The van der Waals surface area contributed by atoms with Gasteiger partial charge in [0.25, 0.3) is 0 Å². The lowest BCUT2D eigenvalue weighted by atomic mass is 9.98. The molecular weight excluding hydrogens is 208 g/mol. The third kappa shape index (κ3) is 6.42. The third-order valence-electron chi connectivity index (χ3n) is 4.15. The van der Waals surface area contributed by atoms with Crippen molar-refractivity contribution in [1.29, 1.82) is 0 Å². The van der Waals surface area contributed by atoms with Gasteiger partial charge in [-0.1, -0.05) is 40.5 Å². The summed E-state index contributed by atoms with van der Waals surface area (Å²) in [7, 11) is 2.10. The Morgan fingerprint density at radius 1 is 1.06 bits per heavy atom. The summed E-state index contributed by atoms with van der Waals surface area (Å²) >= 11 is 0. The number of hydrogen-bond acceptors (Lipinski definition) is 2. The number of nitrogens with zero attached hydrogens (tertiary/aromatic N) is 1. The van der Waals surface area contributed by atoms with Crippen molar-refractivity contribution < 1.29 is 0 Å². The molecule has 0 saturated heterocycles. The summed E-state index contributed by atoms with van der Waals surface area (Å²) in [6.45, 7) is 14.0. The Balaban J connectivity index is 4.36. The minimum atomic E-state index is 0.630. The standard InChI is InChI=1S/C15H34N2/c1-7-10-11-17(14(5)9-3)12-15(16-6)13(4)8-2/h13-16H,7-12H2,1-6H3. The zero-order valence-corrected chi connectivity index (χ0v) is 12.9. The van der Waals surface area contributed by atoms with Gasteiger partial charge in [0.1, 0.15) is 0 Å². The molecule has 0 spiro atoms. The van der Waals surface area contributed by atoms with E-state index in [1.807, 2.05) is 0 Å². The molecule has 2 nitrogen and oxygen atoms in total. The average molecular weight is 242 g/mol. The molecule has 0 rings (SSSR count). The van der Waals surface area contributed by atoms with E-state index in [-0.39, 0.29) is 0 Å². The Hall–Kier alpha value is -0.0800. The molecule has 0 fully saturated rings. The number of hydrogen-bond donors (Lipinski definition) is 1. The molecule has 0 aromatic carbocycles. The second-order valence-corrected chi connectivity index (χ2v) is 5.39. The second kappa shape index (κ2) is 9.90. The molecule has 2 heteroatoms. The number of likely N-dealkylation sites (N-methyl/N-ethyl adjacent to an activating group) is 1. The van der Waals surface area contributed by atoms with E-state index in [1.165, 1.54) is 38.8 Å². The molecule has 3 unspecified atom stereocenters. The molecule has 0 radical (unpaired) electrons. The van der Waals surface area contributed by atoms with E-state index in [0.717, 1.165) is 5.92 Å². The highest BCUT2D eigenvalue weighted by atomic mass is 15.2. The normalized spacial score (nSPS) is 17.1. The van der Waals surface area contributed by atoms with E-state index >= 15 is 0 Å². The number of nitrogens with one attached hydrogen (secondary N) is 1. The zero-order valence-electron chi connectivity index (χ0n) is 12.9. The Labute approximate surface area is 109 Å². The van der Waals surface area contributed by atoms with Gasteiger partial charge in [0.2, 0.25) is 0 Å². The topological polar surface area (TPSA) is 15.3 Å². The fourth-order valence-corrected chi connectivity index (χ4v) is 2.20. The maximum atomic E-state index is 3.50. The lowest BCUT2D eigenvalue weighted by Gasteiger charge is -2.34. The van der Waals surface area contributed by atoms with Crippen LogP contribution in [0.2, 0.25) is 0 Å². The number of rotatable bonds is 10. The van der Waals surface area contributed by atoms with Gasteiger partial charge in [-0.3, -0.25) is 4.90 Å². The summed E-state index contributed by atoms with van der Waals surface area (Å²) in [4.78, 5) is 2.66. The van der Waals surface area contributed by atoms with Crippen LogP contribution in [0.25, 0.3) is 0 Å². The molecule has 0 saturated carbocycles. The van der Waals surface area contributed by atoms with Crippen LogP contribution in [0.5, 0.6) is 0 Å². The molecule has 0 aromatic rings. The van der Waals surface area contributed by atoms with Crippen LogP contribution in [-0.2, 0) is 0 Å². The maximum Gasteiger partial charge on any atom is 0.0217 e. The third-order valence-corrected chi connectivity index (χ3v) is 4.15. The van der Waals surface area contributed by atoms with Crippen molar-refractivity contribution in [3.05, 3.63) is 0 Å². The van der Waals surface area contributed by atoms with Crippen LogP contribution in [0.15, 0.2) is 0 Å². The van der Waals surface area contributed by atoms with Crippen molar-refractivity contribution >= 4 is 0 Å². The van der Waals surface area contributed by atoms with Crippen molar-refractivity contribution in [3.63, 3.8) is 0 Å². The number of unbranched alkanes of at least 4 members (excludes halogenated alkanes) is 1. The first-order valence-electron chi connectivity index (χ1n) is 7.51. The monoisotopic (exact) mass is 242 g/mol. The summed E-state index contributed by atoms with van der Waals surface area (Å²) in [5, 5.41) is 3.50. The highest BCUT2D eigenvalue weighted by Gasteiger charge is 2.20. The van der Waals surface area contributed by atoms with E-state index in [4.69, 9.17) is 0 Å². The van der Waals surface area contributed by atoms with Gasteiger partial charge >= 0.3 is 0 Å². The summed E-state index contributed by atoms with van der Waals surface area (Å²) in [5.41, 5.74) is 0. The Morgan fingerprint density at radius 2 is 1.71 bits per heavy atom. The first-order chi connectivity index (χ1) is 8.10. The molecule has 3 atom stereocenters. The molecule has 0 aliphatic carbocycles. The zero-order chi connectivity index (χ0) is 13.3. The highest BCUT2D eigenvalue weighted by Crippen LogP contribution is 2.13. The van der Waals surface area contributed by atoms with Gasteiger partial charge in [-0.25, -0.2) is 0 Å². The van der Waals surface area contributed by atoms with Gasteiger partial charge in [-0.05, 0) is 39.3 Å². The molecular formula is C15H34N2. The highest BCUT2D eigenvalue weighted by molar-refractivity contribution is 4.78. The second-order valence-electron chi connectivity index (χ2n) is 5.39. The summed E-state index contributed by atoms with van der Waals surface area (Å²) in [6.07, 6.45) is 5.12. The average Bonchev–Trinajstić information content (AvgIpc) is 2.37. The Morgan fingerprint density at radius 3 is 2.12 bits per heavy atom. The Bertz CT molecular complexity index is 170. The fraction of sp³-hybridized carbons (Fsp3) is 1.00. The van der Waals surface area contributed by atoms with E-state index in [0.29, 0.717) is 12.1 Å². The molecule has 0 aliphatic rings. The van der Waals surface area contributed by atoms with Crippen molar-refractivity contribution in [3.8, 4) is 0 Å². The minimum Gasteiger partial charge on any atom is -0.315 e. The SMILES string of the molecule is CCCCN(CC(NC)C(C)CC)C(C)CC. The smallest absolute Gasteiger partial charge is 0.0217 e. The van der Waals surface area contributed by atoms with Gasteiger partial charge in [0, 0.05) is 18.6 Å². The lowest BCUT2D eigenvalue weighted by molar-refractivity contribution is 0.163. The predicted octanol–water partition coefficient (Wildman–Crippen LogP) is 3.52. The van der Waals surface area contributed by atoms with Crippen LogP contribution < -0.4 is 5.32 Å². The summed E-state index contributed by atoms with van der Waals surface area (Å²) in [6, 6.07) is 1.34. The van der Waals surface area contributed by atoms with Gasteiger partial charge in [-0.15, -0.1) is 0 Å². The molecule has 0 bridgehead atoms. The van der Waals surface area contributed by atoms with Gasteiger partial charge in [-0.2, -0.15) is 0 Å². The van der Waals surface area contributed by atoms with E-state index in [1.54, 1.807) is 0 Å². The van der Waals surface area contributed by atoms with E-state index < -0.39 is 0 Å². The first-order valence-corrected chi connectivity index (χ1v) is 7.51. The molecule has 17 heavy (non-hydrogen) atoms. The molecule has 104 valence electrons. The van der Waals surface area contributed by atoms with Gasteiger partial charge < -0.3 is 5.32 Å². The lowest BCUT2D eigenvalue weighted by Crippen LogP contribution is -2.46. The van der Waals surface area contributed by atoms with E-state index in [2.05, 4.69) is 51.9 Å². The molecule has 0 amide bonds. The molecule has 0 aliphatic heterocycles. The van der Waals surface area contributed by atoms with Gasteiger partial charge in [0.05, 0.1) is 0 Å². The van der Waals surface area contributed by atoms with Crippen LogP contribution in [0.1, 0.15) is 60.3 Å². The van der Waals surface area contributed by atoms with Crippen LogP contribution >= 0.6 is 0 Å². The van der Waals surface area contributed by atoms with Gasteiger partial charge in [0.15, 0.2) is 0 Å². The van der Waals surface area contributed by atoms with Crippen LogP contribution in [-0.4, -0.2) is 37.1 Å². The minimum absolute atomic E-state index is 0.630. The largest absolute Gasteiger partial charge is 0.315 e. The molecule has 1 N–H and O–H groups in total. The molecule has 0 heterocycles. The van der Waals surface area contributed by atoms with Crippen molar-refractivity contribution in [2.24, 2.45) is 5.92 Å². The maximum absolute atomic E-state index is 3.50. The van der Waals surface area contributed by atoms with E-state index in [9.17, 15) is 0 Å². The summed E-state index contributed by atoms with van der Waals surface area (Å²) in [5.74, 6) is 0.758. The fourth-order valence-electron chi connectivity index (χ4n) is 2.20. The first kappa shape index (κ1) is 16.9. The van der Waals surface area contributed by atoms with Crippen LogP contribution in [0.3, 0.4) is 0 Å². The summed E-state index contributed by atoms with van der Waals surface area (Å²) < 4.78 is 0. The Kier molecular flexibility index (Phi) is 9.85.